The van der Waals surface area contributed by atoms with Crippen LogP contribution in [0.2, 0.25) is 0 Å². The smallest absolute Gasteiger partial charge is 0.255 e. The van der Waals surface area contributed by atoms with E-state index < -0.39 is 52.5 Å². The lowest BCUT2D eigenvalue weighted by molar-refractivity contribution is 0.0266. The first kappa shape index (κ1) is 14.1. The predicted molar refractivity (Wildman–Crippen MR) is 115 cm³/mol. The zero-order valence-corrected chi connectivity index (χ0v) is 17.4. The van der Waals surface area contributed by atoms with Gasteiger partial charge in [0.25, 0.3) is 5.56 Å². The highest BCUT2D eigenvalue weighted by Crippen LogP contribution is 2.39. The highest BCUT2D eigenvalue weighted by atomic mass is 32.2. The number of aliphatic hydroxyl groups is 1. The summed E-state index contributed by atoms with van der Waals surface area (Å²) in [4.78, 5) is 22.0. The van der Waals surface area contributed by atoms with Crippen molar-refractivity contribution in [3.05, 3.63) is 28.2 Å². The number of aryl methyl sites for hydroxylation is 1. The van der Waals surface area contributed by atoms with E-state index in [9.17, 15) is 18.3 Å². The molecule has 0 amide bonds. The van der Waals surface area contributed by atoms with Crippen LogP contribution in [0.25, 0.3) is 11.0 Å². The molecule has 0 spiro atoms. The van der Waals surface area contributed by atoms with Gasteiger partial charge in [-0.3, -0.25) is 9.36 Å². The Labute approximate surface area is 186 Å². The van der Waals surface area contributed by atoms with Crippen molar-refractivity contribution in [1.29, 1.82) is 0 Å². The maximum absolute atomic E-state index is 13.5. The second-order valence-corrected chi connectivity index (χ2v) is 9.91. The molecule has 4 rings (SSSR count). The zero-order chi connectivity index (χ0) is 27.6. The number of pyridine rings is 1. The van der Waals surface area contributed by atoms with E-state index in [-0.39, 0.29) is 55.8 Å². The van der Waals surface area contributed by atoms with Crippen molar-refractivity contribution >= 4 is 27.0 Å². The minimum Gasteiger partial charge on any atom is -0.388 e. The van der Waals surface area contributed by atoms with Crippen LogP contribution in [0.5, 0.6) is 0 Å². The molecule has 30 heavy (non-hydrogen) atoms. The first-order valence-electron chi connectivity index (χ1n) is 13.2. The topological polar surface area (TPSA) is 117 Å². The molecule has 10 heteroatoms. The molecule has 2 aliphatic rings. The maximum atomic E-state index is 13.5. The molecule has 2 fully saturated rings. The van der Waals surface area contributed by atoms with Crippen molar-refractivity contribution < 1.29 is 23.1 Å². The van der Waals surface area contributed by atoms with E-state index in [2.05, 4.69) is 15.3 Å². The Morgan fingerprint density at radius 3 is 2.80 bits per heavy atom. The molecule has 0 aromatic carbocycles. The van der Waals surface area contributed by atoms with Crippen molar-refractivity contribution in [2.24, 2.45) is 0 Å². The van der Waals surface area contributed by atoms with Crippen LogP contribution < -0.4 is 10.9 Å². The maximum Gasteiger partial charge on any atom is 0.255 e. The number of rotatable bonds is 4. The van der Waals surface area contributed by atoms with Crippen molar-refractivity contribution in [3.8, 4) is 0 Å². The monoisotopic (exact) mass is 442 g/mol. The first-order valence-corrected chi connectivity index (χ1v) is 11.6. The van der Waals surface area contributed by atoms with Crippen LogP contribution in [0.3, 0.4) is 0 Å². The second-order valence-electron chi connectivity index (χ2n) is 7.93. The summed E-state index contributed by atoms with van der Waals surface area (Å²) in [7, 11) is -3.40. The van der Waals surface area contributed by atoms with Gasteiger partial charge in [0.2, 0.25) is 16.0 Å². The molecular formula is C20H29N5O4S. The van der Waals surface area contributed by atoms with E-state index in [1.807, 2.05) is 0 Å². The molecule has 2 atom stereocenters. The quantitative estimate of drug-likeness (QED) is 0.735. The number of anilines is 1. The summed E-state index contributed by atoms with van der Waals surface area (Å²) in [5, 5.41) is 14.2. The number of piperidine rings is 1. The molecule has 9 nitrogen and oxygen atoms in total. The molecule has 164 valence electrons. The van der Waals surface area contributed by atoms with Crippen LogP contribution in [0, 0.1) is 6.85 Å². The lowest BCUT2D eigenvalue weighted by Crippen LogP contribution is -2.42. The van der Waals surface area contributed by atoms with Gasteiger partial charge in [0, 0.05) is 44.5 Å². The molecule has 0 radical (unpaired) electrons. The standard InChI is InChI=1S/C20H29N5O4S/c1-13-11-14-12-21-19(22-15-6-9-24(10-7-15)30(3,28)29)23-17(14)25(18(13)26)16-5-4-8-20(16,2)27/h11-12,15-16,27H,4-10H2,1-3H3,(H,21,22,23)/i1D3,2D3,15D. The summed E-state index contributed by atoms with van der Waals surface area (Å²) in [5.74, 6) is -0.0690. The Kier molecular flexibility index (Phi) is 3.56. The average Bonchev–Trinajstić information content (AvgIpc) is 3.14. The van der Waals surface area contributed by atoms with Gasteiger partial charge in [-0.05, 0) is 51.9 Å². The Hall–Kier alpha value is -2.04. The highest BCUT2D eigenvalue weighted by Gasteiger charge is 2.39. The number of hydrogen-bond acceptors (Lipinski definition) is 7. The minimum atomic E-state index is -3.40. The number of hydrogen-bond donors (Lipinski definition) is 2. The number of sulfonamides is 1. The highest BCUT2D eigenvalue weighted by molar-refractivity contribution is 7.88. The van der Waals surface area contributed by atoms with Crippen LogP contribution >= 0.6 is 0 Å². The van der Waals surface area contributed by atoms with E-state index in [4.69, 9.17) is 9.60 Å². The van der Waals surface area contributed by atoms with Crippen molar-refractivity contribution in [1.82, 2.24) is 18.8 Å². The molecule has 1 saturated carbocycles. The Morgan fingerprint density at radius 1 is 1.37 bits per heavy atom. The summed E-state index contributed by atoms with van der Waals surface area (Å²) in [5.41, 5.74) is -3.87. The Morgan fingerprint density at radius 2 is 2.13 bits per heavy atom. The SMILES string of the molecule is [2H]C1(Nc2ncc3cc(C([2H])([2H])[2H])c(=O)n(C4CCCC4(O)C([2H])([2H])[2H])c3n2)CCN(S(C)(=O)=O)CC1. The molecule has 1 aliphatic heterocycles. The first-order chi connectivity index (χ1) is 16.9. The van der Waals surface area contributed by atoms with E-state index >= 15 is 0 Å². The number of aromatic nitrogens is 3. The molecule has 2 unspecified atom stereocenters. The van der Waals surface area contributed by atoms with Gasteiger partial charge >= 0.3 is 0 Å². The third-order valence-corrected chi connectivity index (χ3v) is 7.06. The minimum absolute atomic E-state index is 0.0674. The molecule has 0 bridgehead atoms. The van der Waals surface area contributed by atoms with Crippen LogP contribution in [-0.2, 0) is 10.0 Å². The molecule has 2 aromatic rings. The van der Waals surface area contributed by atoms with Gasteiger partial charge < -0.3 is 10.4 Å². The Bertz CT molecular complexity index is 1370. The summed E-state index contributed by atoms with van der Waals surface area (Å²) >= 11 is 0. The van der Waals surface area contributed by atoms with Gasteiger partial charge in [0.05, 0.1) is 19.3 Å². The van der Waals surface area contributed by atoms with Gasteiger partial charge in [0.15, 0.2) is 0 Å². The van der Waals surface area contributed by atoms with Crippen LogP contribution in [0.1, 0.15) is 60.2 Å². The van der Waals surface area contributed by atoms with Gasteiger partial charge in [-0.1, -0.05) is 0 Å². The summed E-state index contributed by atoms with van der Waals surface area (Å²) < 4.78 is 81.6. The Balaban J connectivity index is 1.81. The molecule has 1 aliphatic carbocycles. The fraction of sp³-hybridized carbons (Fsp3) is 0.650. The van der Waals surface area contributed by atoms with Crippen molar-refractivity contribution in [2.45, 2.75) is 63.5 Å². The van der Waals surface area contributed by atoms with E-state index in [1.165, 1.54) is 10.5 Å². The number of nitrogens with one attached hydrogen (secondary N) is 1. The fourth-order valence-corrected chi connectivity index (χ4v) is 5.00. The van der Waals surface area contributed by atoms with Crippen molar-refractivity contribution in [3.63, 3.8) is 0 Å². The largest absolute Gasteiger partial charge is 0.388 e. The summed E-state index contributed by atoms with van der Waals surface area (Å²) in [6.07, 6.45) is 2.94. The molecule has 3 heterocycles. The van der Waals surface area contributed by atoms with Gasteiger partial charge in [-0.25, -0.2) is 17.7 Å². The summed E-state index contributed by atoms with van der Waals surface area (Å²) in [6.45, 7) is -5.42. The normalized spacial score (nSPS) is 31.7. The van der Waals surface area contributed by atoms with E-state index in [0.29, 0.717) is 6.42 Å². The molecule has 1 saturated heterocycles. The molecule has 2 N–H and O–H groups in total. The van der Waals surface area contributed by atoms with Gasteiger partial charge in [-0.2, -0.15) is 4.98 Å². The third-order valence-electron chi connectivity index (χ3n) is 5.76. The molecule has 2 aromatic heterocycles. The van der Waals surface area contributed by atoms with Crippen molar-refractivity contribution in [2.75, 3.05) is 24.7 Å². The fourth-order valence-electron chi connectivity index (χ4n) is 4.15. The number of nitrogens with zero attached hydrogens (tertiary/aromatic N) is 4. The van der Waals surface area contributed by atoms with E-state index in [1.54, 1.807) is 0 Å². The second kappa shape index (κ2) is 7.58. The lowest BCUT2D eigenvalue weighted by Gasteiger charge is -2.31. The zero-order valence-electron chi connectivity index (χ0n) is 23.6. The van der Waals surface area contributed by atoms with Crippen LogP contribution in [0.15, 0.2) is 17.1 Å². The van der Waals surface area contributed by atoms with Crippen LogP contribution in [-0.4, -0.2) is 63.3 Å². The molecular weight excluding hydrogens is 406 g/mol. The van der Waals surface area contributed by atoms with Gasteiger partial charge in [-0.15, -0.1) is 0 Å². The number of fused-ring (bicyclic) bond motifs is 1. The van der Waals surface area contributed by atoms with Gasteiger partial charge in [0.1, 0.15) is 5.65 Å². The third kappa shape index (κ3) is 3.95. The lowest BCUT2D eigenvalue weighted by atomic mass is 9.99. The average molecular weight is 443 g/mol. The summed E-state index contributed by atoms with van der Waals surface area (Å²) in [6, 6.07) is -1.44. The van der Waals surface area contributed by atoms with Crippen LogP contribution in [0.4, 0.5) is 5.95 Å². The van der Waals surface area contributed by atoms with E-state index in [0.717, 1.165) is 16.9 Å². The predicted octanol–water partition coefficient (Wildman–Crippen LogP) is 1.41.